The van der Waals surface area contributed by atoms with Gasteiger partial charge in [-0.15, -0.1) is 11.3 Å². The predicted octanol–water partition coefficient (Wildman–Crippen LogP) is 2.93. The highest BCUT2D eigenvalue weighted by molar-refractivity contribution is 7.18. The van der Waals surface area contributed by atoms with Crippen molar-refractivity contribution in [3.05, 3.63) is 59.1 Å². The van der Waals surface area contributed by atoms with Crippen molar-refractivity contribution in [1.29, 1.82) is 0 Å². The lowest BCUT2D eigenvalue weighted by Crippen LogP contribution is -3.11. The molecule has 0 radical (unpaired) electrons. The van der Waals surface area contributed by atoms with Crippen LogP contribution in [0.1, 0.15) is 23.9 Å². The first-order valence-electron chi connectivity index (χ1n) is 8.55. The molecular weight excluding hydrogens is 356 g/mol. The van der Waals surface area contributed by atoms with Crippen molar-refractivity contribution >= 4 is 33.1 Å². The van der Waals surface area contributed by atoms with Gasteiger partial charge in [0.15, 0.2) is 11.6 Å². The van der Waals surface area contributed by atoms with E-state index in [-0.39, 0.29) is 24.2 Å². The number of carbonyl (C=O) groups is 1. The molecule has 7 heteroatoms. The highest BCUT2D eigenvalue weighted by atomic mass is 32.1. The maximum absolute atomic E-state index is 13.7. The molecule has 3 aromatic rings. The molecule has 0 bridgehead atoms. The molecule has 0 aliphatic carbocycles. The molecule has 26 heavy (non-hydrogen) atoms. The summed E-state index contributed by atoms with van der Waals surface area (Å²) >= 11 is 1.67. The number of para-hydroxylation sites is 1. The summed E-state index contributed by atoms with van der Waals surface area (Å²) in [6.45, 7) is 1.11. The number of hydrogen-bond acceptors (Lipinski definition) is 3. The minimum atomic E-state index is -0.766. The summed E-state index contributed by atoms with van der Waals surface area (Å²) < 4.78 is 27.8. The maximum atomic E-state index is 13.7. The summed E-state index contributed by atoms with van der Waals surface area (Å²) in [4.78, 5) is 18.2. The van der Waals surface area contributed by atoms with Crippen LogP contribution in [-0.2, 0) is 4.79 Å². The third-order valence-electron chi connectivity index (χ3n) is 4.68. The van der Waals surface area contributed by atoms with Crippen LogP contribution < -0.4 is 10.2 Å². The van der Waals surface area contributed by atoms with Crippen LogP contribution in [0.25, 0.3) is 10.2 Å². The van der Waals surface area contributed by atoms with Gasteiger partial charge in [0.05, 0.1) is 22.4 Å². The zero-order chi connectivity index (χ0) is 18.1. The second-order valence-electron chi connectivity index (χ2n) is 6.47. The lowest BCUT2D eigenvalue weighted by Gasteiger charge is -2.19. The standard InChI is InChI=1S/C19H17F2N3OS/c20-12-7-8-14(13(21)10-12)22-18(25)11-24-9-3-5-16(24)19-23-15-4-1-2-6-17(15)26-19/h1-2,4,6-8,10,16H,3,5,9,11H2,(H,22,25)/p+1/t16-/m0/s1. The van der Waals surface area contributed by atoms with Gasteiger partial charge in [-0.05, 0) is 24.3 Å². The van der Waals surface area contributed by atoms with Crippen LogP contribution >= 0.6 is 11.3 Å². The van der Waals surface area contributed by atoms with Crippen LogP contribution in [0, 0.1) is 11.6 Å². The maximum Gasteiger partial charge on any atom is 0.279 e. The number of benzene rings is 2. The number of thiazole rings is 1. The quantitative estimate of drug-likeness (QED) is 0.738. The molecule has 1 aliphatic heterocycles. The van der Waals surface area contributed by atoms with E-state index in [2.05, 4.69) is 11.4 Å². The fourth-order valence-electron chi connectivity index (χ4n) is 3.45. The van der Waals surface area contributed by atoms with E-state index < -0.39 is 11.6 Å². The minimum Gasteiger partial charge on any atom is -0.319 e. The molecule has 2 aromatic carbocycles. The van der Waals surface area contributed by atoms with E-state index in [0.29, 0.717) is 0 Å². The molecule has 1 amide bonds. The second kappa shape index (κ2) is 7.09. The number of likely N-dealkylation sites (tertiary alicyclic amines) is 1. The van der Waals surface area contributed by atoms with Crippen LogP contribution in [0.3, 0.4) is 0 Å². The number of aromatic nitrogens is 1. The lowest BCUT2D eigenvalue weighted by molar-refractivity contribution is -0.910. The van der Waals surface area contributed by atoms with Crippen molar-refractivity contribution in [1.82, 2.24) is 4.98 Å². The van der Waals surface area contributed by atoms with Crippen LogP contribution in [-0.4, -0.2) is 24.0 Å². The van der Waals surface area contributed by atoms with Gasteiger partial charge in [0.25, 0.3) is 5.91 Å². The molecule has 1 aliphatic rings. The van der Waals surface area contributed by atoms with Crippen molar-refractivity contribution in [3.8, 4) is 0 Å². The van der Waals surface area contributed by atoms with Crippen molar-refractivity contribution in [2.45, 2.75) is 18.9 Å². The number of nitrogens with one attached hydrogen (secondary N) is 2. The number of rotatable bonds is 4. The van der Waals surface area contributed by atoms with Crippen molar-refractivity contribution in [2.24, 2.45) is 0 Å². The molecule has 0 spiro atoms. The summed E-state index contributed by atoms with van der Waals surface area (Å²) in [7, 11) is 0. The summed E-state index contributed by atoms with van der Waals surface area (Å²) in [5, 5.41) is 3.59. The zero-order valence-electron chi connectivity index (χ0n) is 14.0. The Kier molecular flexibility index (Phi) is 4.65. The number of amides is 1. The normalized spacial score (nSPS) is 19.8. The fraction of sp³-hybridized carbons (Fsp3) is 0.263. The topological polar surface area (TPSA) is 46.4 Å². The first-order chi connectivity index (χ1) is 12.6. The molecule has 1 unspecified atom stereocenters. The Bertz CT molecular complexity index is 926. The molecular formula is C19H18F2N3OS+. The van der Waals surface area contributed by atoms with Crippen LogP contribution in [0.5, 0.6) is 0 Å². The van der Waals surface area contributed by atoms with Gasteiger partial charge in [-0.1, -0.05) is 12.1 Å². The minimum absolute atomic E-state index is 0.00605. The third-order valence-corrected chi connectivity index (χ3v) is 5.83. The van der Waals surface area contributed by atoms with Gasteiger partial charge in [0.1, 0.15) is 17.7 Å². The first-order valence-corrected chi connectivity index (χ1v) is 9.37. The van der Waals surface area contributed by atoms with Gasteiger partial charge in [-0.25, -0.2) is 13.8 Å². The highest BCUT2D eigenvalue weighted by Crippen LogP contribution is 2.28. The summed E-state index contributed by atoms with van der Waals surface area (Å²) in [5.41, 5.74) is 0.989. The molecule has 1 saturated heterocycles. The first kappa shape index (κ1) is 17.1. The van der Waals surface area contributed by atoms with E-state index in [1.54, 1.807) is 11.3 Å². The fourth-order valence-corrected chi connectivity index (χ4v) is 4.61. The predicted molar refractivity (Wildman–Crippen MR) is 97.3 cm³/mol. The Morgan fingerprint density at radius 2 is 2.12 bits per heavy atom. The smallest absolute Gasteiger partial charge is 0.279 e. The Hall–Kier alpha value is -2.38. The molecule has 134 valence electrons. The average Bonchev–Trinajstić information content (AvgIpc) is 3.23. The SMILES string of the molecule is O=C(C[NH+]1CCC[C@H]1c1nc2ccccc2s1)Nc1ccc(F)cc1F. The highest BCUT2D eigenvalue weighted by Gasteiger charge is 2.34. The van der Waals surface area contributed by atoms with Gasteiger partial charge in [-0.2, -0.15) is 0 Å². The third kappa shape index (κ3) is 3.45. The van der Waals surface area contributed by atoms with Crippen molar-refractivity contribution in [2.75, 3.05) is 18.4 Å². The Morgan fingerprint density at radius 3 is 2.92 bits per heavy atom. The van der Waals surface area contributed by atoms with E-state index in [4.69, 9.17) is 4.98 Å². The number of nitrogens with zero attached hydrogens (tertiary/aromatic N) is 1. The molecule has 2 N–H and O–H groups in total. The van der Waals surface area contributed by atoms with Crippen LogP contribution in [0.2, 0.25) is 0 Å². The van der Waals surface area contributed by atoms with E-state index in [1.165, 1.54) is 6.07 Å². The van der Waals surface area contributed by atoms with Gasteiger partial charge >= 0.3 is 0 Å². The summed E-state index contributed by atoms with van der Waals surface area (Å²) in [5.74, 6) is -1.71. The van der Waals surface area contributed by atoms with E-state index in [0.717, 1.165) is 51.6 Å². The Labute approximate surface area is 153 Å². The van der Waals surface area contributed by atoms with Gasteiger partial charge < -0.3 is 10.2 Å². The number of carbonyl (C=O) groups excluding carboxylic acids is 1. The molecule has 2 atom stereocenters. The van der Waals surface area contributed by atoms with E-state index >= 15 is 0 Å². The monoisotopic (exact) mass is 374 g/mol. The summed E-state index contributed by atoms with van der Waals surface area (Å²) in [6.07, 6.45) is 2.00. The number of hydrogen-bond donors (Lipinski definition) is 2. The second-order valence-corrected chi connectivity index (χ2v) is 7.53. The van der Waals surface area contributed by atoms with E-state index in [9.17, 15) is 13.6 Å². The van der Waals surface area contributed by atoms with Crippen molar-refractivity contribution in [3.63, 3.8) is 0 Å². The number of quaternary nitrogens is 1. The number of halogens is 2. The molecule has 1 fully saturated rings. The molecule has 0 saturated carbocycles. The lowest BCUT2D eigenvalue weighted by atomic mass is 10.2. The van der Waals surface area contributed by atoms with Crippen molar-refractivity contribution < 1.29 is 18.5 Å². The van der Waals surface area contributed by atoms with Gasteiger partial charge in [0, 0.05) is 18.9 Å². The summed E-state index contributed by atoms with van der Waals surface area (Å²) in [6, 6.07) is 11.3. The number of fused-ring (bicyclic) bond motifs is 1. The molecule has 4 rings (SSSR count). The molecule has 4 nitrogen and oxygen atoms in total. The Morgan fingerprint density at radius 1 is 1.27 bits per heavy atom. The molecule has 1 aromatic heterocycles. The largest absolute Gasteiger partial charge is 0.319 e. The zero-order valence-corrected chi connectivity index (χ0v) is 14.8. The van der Waals surface area contributed by atoms with E-state index in [1.807, 2.05) is 18.2 Å². The van der Waals surface area contributed by atoms with Crippen LogP contribution in [0.15, 0.2) is 42.5 Å². The average molecular weight is 374 g/mol. The Balaban J connectivity index is 1.47. The molecule has 2 heterocycles. The van der Waals surface area contributed by atoms with Gasteiger partial charge in [0.2, 0.25) is 0 Å². The van der Waals surface area contributed by atoms with Gasteiger partial charge in [-0.3, -0.25) is 4.79 Å². The number of anilines is 1. The van der Waals surface area contributed by atoms with Crippen LogP contribution in [0.4, 0.5) is 14.5 Å².